The van der Waals surface area contributed by atoms with E-state index in [0.29, 0.717) is 11.3 Å². The van der Waals surface area contributed by atoms with Gasteiger partial charge in [-0.3, -0.25) is 4.79 Å². The van der Waals surface area contributed by atoms with E-state index in [-0.39, 0.29) is 17.9 Å². The molecule has 0 unspecified atom stereocenters. The molecule has 0 bridgehead atoms. The van der Waals surface area contributed by atoms with Crippen molar-refractivity contribution in [3.05, 3.63) is 59.9 Å². The first-order chi connectivity index (χ1) is 12.3. The summed E-state index contributed by atoms with van der Waals surface area (Å²) in [6, 6.07) is 10.3. The molecular formula is C17H12F4N2O3. The van der Waals surface area contributed by atoms with Crippen LogP contribution >= 0.6 is 0 Å². The highest BCUT2D eigenvalue weighted by atomic mass is 19.4. The van der Waals surface area contributed by atoms with Gasteiger partial charge in [-0.05, 0) is 42.0 Å². The molecule has 0 saturated heterocycles. The van der Waals surface area contributed by atoms with Crippen LogP contribution in [-0.4, -0.2) is 24.1 Å². The van der Waals surface area contributed by atoms with Crippen molar-refractivity contribution in [3.8, 4) is 5.75 Å². The third-order valence-electron chi connectivity index (χ3n) is 3.49. The highest BCUT2D eigenvalue weighted by Crippen LogP contribution is 2.24. The molecule has 5 nitrogen and oxygen atoms in total. The molecule has 3 rings (SSSR count). The Bertz CT molecular complexity index is 817. The van der Waals surface area contributed by atoms with Crippen molar-refractivity contribution >= 4 is 17.3 Å². The Hall–Kier alpha value is -3.10. The lowest BCUT2D eigenvalue weighted by Gasteiger charge is -2.11. The number of nitrogens with one attached hydrogen (secondary N) is 1. The van der Waals surface area contributed by atoms with Gasteiger partial charge in [0.15, 0.2) is 0 Å². The van der Waals surface area contributed by atoms with Crippen molar-refractivity contribution in [2.75, 3.05) is 5.32 Å². The van der Waals surface area contributed by atoms with Gasteiger partial charge in [0.1, 0.15) is 11.6 Å². The molecule has 1 atom stereocenters. The zero-order chi connectivity index (χ0) is 18.7. The summed E-state index contributed by atoms with van der Waals surface area (Å²) in [6.45, 7) is 0. The van der Waals surface area contributed by atoms with Crippen LogP contribution < -0.4 is 10.1 Å². The Morgan fingerprint density at radius 3 is 2.38 bits per heavy atom. The molecule has 1 amide bonds. The Balaban J connectivity index is 1.57. The van der Waals surface area contributed by atoms with E-state index in [2.05, 4.69) is 15.2 Å². The van der Waals surface area contributed by atoms with Crippen LogP contribution in [0.4, 0.5) is 23.2 Å². The maximum absolute atomic E-state index is 12.9. The van der Waals surface area contributed by atoms with E-state index in [1.807, 2.05) is 0 Å². The molecule has 136 valence electrons. The van der Waals surface area contributed by atoms with Gasteiger partial charge in [-0.15, -0.1) is 13.2 Å². The second-order valence-corrected chi connectivity index (χ2v) is 5.40. The Morgan fingerprint density at radius 1 is 1.12 bits per heavy atom. The van der Waals surface area contributed by atoms with Crippen LogP contribution in [0, 0.1) is 5.82 Å². The van der Waals surface area contributed by atoms with E-state index in [0.717, 1.165) is 12.1 Å². The highest BCUT2D eigenvalue weighted by Gasteiger charge is 2.31. The summed E-state index contributed by atoms with van der Waals surface area (Å²) >= 11 is 0. The largest absolute Gasteiger partial charge is 0.573 e. The number of carbonyl (C=O) groups is 1. The van der Waals surface area contributed by atoms with Gasteiger partial charge in [0.2, 0.25) is 6.10 Å². The fraction of sp³-hybridized carbons (Fsp3) is 0.176. The van der Waals surface area contributed by atoms with Gasteiger partial charge < -0.3 is 14.9 Å². The molecule has 0 aliphatic carbocycles. The van der Waals surface area contributed by atoms with Gasteiger partial charge in [-0.1, -0.05) is 17.3 Å². The molecule has 1 aliphatic rings. The van der Waals surface area contributed by atoms with Gasteiger partial charge >= 0.3 is 6.36 Å². The van der Waals surface area contributed by atoms with Crippen molar-refractivity contribution in [3.63, 3.8) is 0 Å². The number of amides is 1. The molecule has 1 N–H and O–H groups in total. The first-order valence-corrected chi connectivity index (χ1v) is 7.45. The van der Waals surface area contributed by atoms with Crippen molar-refractivity contribution in [1.82, 2.24) is 0 Å². The number of halogens is 4. The van der Waals surface area contributed by atoms with E-state index in [1.165, 1.54) is 36.4 Å². The first kappa shape index (κ1) is 17.7. The SMILES string of the molecule is O=C(Nc1ccc(OC(F)(F)F)cc1)[C@@H]1CC(c2ccc(F)cc2)=NO1. The molecule has 1 aliphatic heterocycles. The van der Waals surface area contributed by atoms with Crippen molar-refractivity contribution in [2.45, 2.75) is 18.9 Å². The van der Waals surface area contributed by atoms with Crippen molar-refractivity contribution in [1.29, 1.82) is 0 Å². The summed E-state index contributed by atoms with van der Waals surface area (Å²) in [5.74, 6) is -1.29. The average molecular weight is 368 g/mol. The van der Waals surface area contributed by atoms with Crippen LogP contribution in [-0.2, 0) is 9.63 Å². The fourth-order valence-electron chi connectivity index (χ4n) is 2.29. The number of hydrogen-bond donors (Lipinski definition) is 1. The number of ether oxygens (including phenoxy) is 1. The van der Waals surface area contributed by atoms with Gasteiger partial charge in [-0.2, -0.15) is 0 Å². The summed E-state index contributed by atoms with van der Waals surface area (Å²) in [5.41, 5.74) is 1.41. The maximum Gasteiger partial charge on any atom is 0.573 e. The van der Waals surface area contributed by atoms with Crippen LogP contribution in [0.25, 0.3) is 0 Å². The molecule has 0 radical (unpaired) electrons. The van der Waals surface area contributed by atoms with Crippen LogP contribution in [0.5, 0.6) is 5.75 Å². The maximum atomic E-state index is 12.9. The predicted molar refractivity (Wildman–Crippen MR) is 84.2 cm³/mol. The second kappa shape index (κ2) is 7.03. The predicted octanol–water partition coefficient (Wildman–Crippen LogP) is 3.86. The van der Waals surface area contributed by atoms with E-state index in [1.54, 1.807) is 0 Å². The average Bonchev–Trinajstić information content (AvgIpc) is 3.06. The molecule has 0 saturated carbocycles. The fourth-order valence-corrected chi connectivity index (χ4v) is 2.29. The van der Waals surface area contributed by atoms with Crippen LogP contribution in [0.2, 0.25) is 0 Å². The van der Waals surface area contributed by atoms with Gasteiger partial charge in [0, 0.05) is 12.1 Å². The van der Waals surface area contributed by atoms with Crippen LogP contribution in [0.15, 0.2) is 53.7 Å². The van der Waals surface area contributed by atoms with Gasteiger partial charge in [0.25, 0.3) is 5.91 Å². The Labute approximate surface area is 145 Å². The number of anilines is 1. The zero-order valence-corrected chi connectivity index (χ0v) is 13.1. The summed E-state index contributed by atoms with van der Waals surface area (Å²) in [6.07, 6.45) is -5.48. The van der Waals surface area contributed by atoms with E-state index in [4.69, 9.17) is 4.84 Å². The summed E-state index contributed by atoms with van der Waals surface area (Å²) in [4.78, 5) is 17.3. The second-order valence-electron chi connectivity index (χ2n) is 5.40. The number of nitrogens with zero attached hydrogens (tertiary/aromatic N) is 1. The minimum Gasteiger partial charge on any atom is -0.406 e. The highest BCUT2D eigenvalue weighted by molar-refractivity contribution is 6.06. The molecule has 1 heterocycles. The summed E-state index contributed by atoms with van der Waals surface area (Å²) in [7, 11) is 0. The van der Waals surface area contributed by atoms with Crippen molar-refractivity contribution in [2.24, 2.45) is 5.16 Å². The zero-order valence-electron chi connectivity index (χ0n) is 13.1. The molecule has 26 heavy (non-hydrogen) atoms. The van der Waals surface area contributed by atoms with E-state index < -0.39 is 24.1 Å². The smallest absolute Gasteiger partial charge is 0.406 e. The number of alkyl halides is 3. The molecule has 0 spiro atoms. The molecule has 2 aromatic carbocycles. The third kappa shape index (κ3) is 4.50. The number of carbonyl (C=O) groups excluding carboxylic acids is 1. The van der Waals surface area contributed by atoms with Gasteiger partial charge in [0.05, 0.1) is 5.71 Å². The number of hydrogen-bond acceptors (Lipinski definition) is 4. The lowest BCUT2D eigenvalue weighted by atomic mass is 10.0. The molecular weight excluding hydrogens is 356 g/mol. The normalized spacial score (nSPS) is 16.6. The first-order valence-electron chi connectivity index (χ1n) is 7.45. The number of rotatable bonds is 4. The summed E-state index contributed by atoms with van der Waals surface area (Å²) < 4.78 is 53.0. The standard InChI is InChI=1S/C17H12F4N2O3/c18-11-3-1-10(2-4-11)14-9-15(26-23-14)16(24)22-12-5-7-13(8-6-12)25-17(19,20)21/h1-8,15H,9H2,(H,22,24)/t15-/m0/s1. The quantitative estimate of drug-likeness (QED) is 0.834. The monoisotopic (exact) mass is 368 g/mol. The van der Waals surface area contributed by atoms with Crippen LogP contribution in [0.1, 0.15) is 12.0 Å². The molecule has 2 aromatic rings. The van der Waals surface area contributed by atoms with E-state index in [9.17, 15) is 22.4 Å². The van der Waals surface area contributed by atoms with Crippen molar-refractivity contribution < 1.29 is 31.9 Å². The Kier molecular flexibility index (Phi) is 4.79. The topological polar surface area (TPSA) is 59.9 Å². The molecule has 0 aromatic heterocycles. The summed E-state index contributed by atoms with van der Waals surface area (Å²) in [5, 5.41) is 6.34. The Morgan fingerprint density at radius 2 is 1.77 bits per heavy atom. The van der Waals surface area contributed by atoms with E-state index >= 15 is 0 Å². The molecule has 9 heteroatoms. The van der Waals surface area contributed by atoms with Gasteiger partial charge in [-0.25, -0.2) is 4.39 Å². The number of benzene rings is 2. The minimum absolute atomic E-state index is 0.187. The lowest BCUT2D eigenvalue weighted by Crippen LogP contribution is -2.28. The van der Waals surface area contributed by atoms with Crippen LogP contribution in [0.3, 0.4) is 0 Å². The number of oxime groups is 1. The third-order valence-corrected chi connectivity index (χ3v) is 3.49. The minimum atomic E-state index is -4.78. The lowest BCUT2D eigenvalue weighted by molar-refractivity contribution is -0.274. The molecule has 0 fully saturated rings.